The number of fused-ring (bicyclic) bond motifs is 1. The summed E-state index contributed by atoms with van der Waals surface area (Å²) in [4.78, 5) is 24.0. The van der Waals surface area contributed by atoms with Crippen LogP contribution in [-0.4, -0.2) is 51.1 Å². The molecule has 2 aromatic carbocycles. The Morgan fingerprint density at radius 3 is 2.76 bits per heavy atom. The van der Waals surface area contributed by atoms with Crippen molar-refractivity contribution in [3.05, 3.63) is 88.6 Å². The second-order valence-electron chi connectivity index (χ2n) is 11.0. The highest BCUT2D eigenvalue weighted by Gasteiger charge is 2.25. The smallest absolute Gasteiger partial charge is 0.248 e. The van der Waals surface area contributed by atoms with E-state index in [2.05, 4.69) is 9.47 Å². The van der Waals surface area contributed by atoms with Gasteiger partial charge >= 0.3 is 0 Å². The predicted octanol–water partition coefficient (Wildman–Crippen LogP) is 4.68. The molecule has 4 aromatic rings. The first kappa shape index (κ1) is 27.8. The molecule has 0 radical (unpaired) electrons. The molecule has 1 amide bonds. The summed E-state index contributed by atoms with van der Waals surface area (Å²) in [5.41, 5.74) is 9.43. The summed E-state index contributed by atoms with van der Waals surface area (Å²) < 4.78 is 28.0. The van der Waals surface area contributed by atoms with Gasteiger partial charge in [-0.1, -0.05) is 12.1 Å². The van der Waals surface area contributed by atoms with Crippen molar-refractivity contribution in [1.82, 2.24) is 19.4 Å². The molecular formula is C32H33FN6O3. The van der Waals surface area contributed by atoms with Crippen molar-refractivity contribution >= 4 is 16.9 Å². The second kappa shape index (κ2) is 12.3. The molecular weight excluding hydrogens is 535 g/mol. The van der Waals surface area contributed by atoms with Crippen LogP contribution in [-0.2, 0) is 24.4 Å². The standard InChI is InChI=1S/C32H33FN6O3/c33-26-15-21(17-34)6-7-24(26)20-42-31-5-1-4-27(37-31)22-3-2-12-38(13-10-22)19-30-36-28-9-8-23(32(35)40)16-29(28)39(30)18-25-11-14-41-25/h1,4-9,15-16,22,25H,2-3,10-14,18-20H2,(H2,35,40). The van der Waals surface area contributed by atoms with Gasteiger partial charge in [-0.05, 0) is 75.2 Å². The lowest BCUT2D eigenvalue weighted by Crippen LogP contribution is -2.33. The molecule has 0 aliphatic carbocycles. The number of nitrogens with zero attached hydrogens (tertiary/aromatic N) is 5. The van der Waals surface area contributed by atoms with E-state index in [4.69, 9.17) is 30.4 Å². The maximum Gasteiger partial charge on any atom is 0.248 e. The van der Waals surface area contributed by atoms with Crippen molar-refractivity contribution in [3.63, 3.8) is 0 Å². The molecule has 6 rings (SSSR count). The van der Waals surface area contributed by atoms with Gasteiger partial charge in [0.15, 0.2) is 0 Å². The number of carbonyl (C=O) groups excluding carboxylic acids is 1. The van der Waals surface area contributed by atoms with Gasteiger partial charge in [0.25, 0.3) is 0 Å². The predicted molar refractivity (Wildman–Crippen MR) is 154 cm³/mol. The SMILES string of the molecule is N#Cc1ccc(COc2cccc(C3CCCN(Cc4nc5ccc(C(N)=O)cc5n4CC4CCO4)CC3)n2)c(F)c1. The van der Waals surface area contributed by atoms with Crippen LogP contribution in [0.5, 0.6) is 5.88 Å². The normalized spacial score (nSPS) is 19.1. The fraction of sp³-hybridized carbons (Fsp3) is 0.375. The molecule has 2 N–H and O–H groups in total. The Morgan fingerprint density at radius 1 is 1.12 bits per heavy atom. The number of imidazole rings is 1. The van der Waals surface area contributed by atoms with Gasteiger partial charge in [-0.3, -0.25) is 9.69 Å². The van der Waals surface area contributed by atoms with Gasteiger partial charge in [0.2, 0.25) is 11.8 Å². The summed E-state index contributed by atoms with van der Waals surface area (Å²) in [7, 11) is 0. The maximum atomic E-state index is 14.3. The third-order valence-electron chi connectivity index (χ3n) is 8.20. The Morgan fingerprint density at radius 2 is 2.00 bits per heavy atom. The van der Waals surface area contributed by atoms with E-state index in [0.717, 1.165) is 67.9 Å². The first-order valence-corrected chi connectivity index (χ1v) is 14.4. The van der Waals surface area contributed by atoms with Gasteiger partial charge in [0.1, 0.15) is 18.2 Å². The minimum atomic E-state index is -0.462. The fourth-order valence-electron chi connectivity index (χ4n) is 5.72. The monoisotopic (exact) mass is 568 g/mol. The van der Waals surface area contributed by atoms with Crippen molar-refractivity contribution in [3.8, 4) is 11.9 Å². The van der Waals surface area contributed by atoms with E-state index >= 15 is 0 Å². The summed E-state index contributed by atoms with van der Waals surface area (Å²) in [6.07, 6.45) is 4.13. The lowest BCUT2D eigenvalue weighted by Gasteiger charge is -2.28. The number of amides is 1. The lowest BCUT2D eigenvalue weighted by molar-refractivity contribution is -0.0592. The lowest BCUT2D eigenvalue weighted by atomic mass is 9.96. The number of rotatable bonds is 9. The number of likely N-dealkylation sites (tertiary alicyclic amines) is 1. The van der Waals surface area contributed by atoms with E-state index in [1.54, 1.807) is 24.3 Å². The van der Waals surface area contributed by atoms with Crippen LogP contribution in [0.2, 0.25) is 0 Å². The summed E-state index contributed by atoms with van der Waals surface area (Å²) >= 11 is 0. The number of primary amides is 1. The molecule has 0 bridgehead atoms. The quantitative estimate of drug-likeness (QED) is 0.311. The summed E-state index contributed by atoms with van der Waals surface area (Å²) in [5, 5.41) is 8.95. The average molecular weight is 569 g/mol. The summed E-state index contributed by atoms with van der Waals surface area (Å²) in [5.74, 6) is 0.791. The molecule has 0 spiro atoms. The van der Waals surface area contributed by atoms with Crippen LogP contribution in [0.3, 0.4) is 0 Å². The highest BCUT2D eigenvalue weighted by Crippen LogP contribution is 2.30. The van der Waals surface area contributed by atoms with Crippen LogP contribution in [0.4, 0.5) is 4.39 Å². The third-order valence-corrected chi connectivity index (χ3v) is 8.20. The molecule has 2 aromatic heterocycles. The Balaban J connectivity index is 1.12. The van der Waals surface area contributed by atoms with Crippen LogP contribution in [0.25, 0.3) is 11.0 Å². The van der Waals surface area contributed by atoms with Gasteiger partial charge < -0.3 is 19.8 Å². The number of carbonyl (C=O) groups is 1. The van der Waals surface area contributed by atoms with E-state index < -0.39 is 11.7 Å². The number of hydrogen-bond acceptors (Lipinski definition) is 7. The van der Waals surface area contributed by atoms with Crippen molar-refractivity contribution in [2.75, 3.05) is 19.7 Å². The first-order valence-electron chi connectivity index (χ1n) is 14.4. The topological polar surface area (TPSA) is 119 Å². The van der Waals surface area contributed by atoms with Crippen molar-refractivity contribution < 1.29 is 18.7 Å². The van der Waals surface area contributed by atoms with Gasteiger partial charge in [-0.15, -0.1) is 0 Å². The van der Waals surface area contributed by atoms with E-state index in [9.17, 15) is 9.18 Å². The minimum Gasteiger partial charge on any atom is -0.473 e. The van der Waals surface area contributed by atoms with E-state index in [0.29, 0.717) is 30.1 Å². The van der Waals surface area contributed by atoms with Gasteiger partial charge in [0, 0.05) is 35.4 Å². The molecule has 0 saturated carbocycles. The molecule has 2 aliphatic rings. The van der Waals surface area contributed by atoms with Gasteiger partial charge in [-0.25, -0.2) is 14.4 Å². The number of ether oxygens (including phenoxy) is 2. The number of aromatic nitrogens is 3. The highest BCUT2D eigenvalue weighted by atomic mass is 19.1. The Bertz CT molecular complexity index is 1640. The minimum absolute atomic E-state index is 0.0419. The van der Waals surface area contributed by atoms with Crippen LogP contribution in [0.1, 0.15) is 64.6 Å². The molecule has 2 fully saturated rings. The molecule has 2 saturated heterocycles. The largest absolute Gasteiger partial charge is 0.473 e. The second-order valence-corrected chi connectivity index (χ2v) is 11.0. The zero-order valence-electron chi connectivity index (χ0n) is 23.3. The van der Waals surface area contributed by atoms with E-state index in [1.165, 1.54) is 6.07 Å². The third kappa shape index (κ3) is 6.12. The number of nitrogens with two attached hydrogens (primary N) is 1. The molecule has 216 valence electrons. The van der Waals surface area contributed by atoms with Crippen molar-refractivity contribution in [2.45, 2.75) is 57.4 Å². The van der Waals surface area contributed by atoms with E-state index in [-0.39, 0.29) is 24.2 Å². The number of benzene rings is 2. The van der Waals surface area contributed by atoms with E-state index in [1.807, 2.05) is 30.3 Å². The van der Waals surface area contributed by atoms with Crippen LogP contribution in [0, 0.1) is 17.1 Å². The molecule has 2 aliphatic heterocycles. The molecule has 4 heterocycles. The molecule has 42 heavy (non-hydrogen) atoms. The molecule has 2 unspecified atom stereocenters. The highest BCUT2D eigenvalue weighted by molar-refractivity contribution is 5.96. The van der Waals surface area contributed by atoms with Crippen LogP contribution < -0.4 is 10.5 Å². The number of hydrogen-bond donors (Lipinski definition) is 1. The molecule has 9 nitrogen and oxygen atoms in total. The van der Waals surface area contributed by atoms with Crippen LogP contribution in [0.15, 0.2) is 54.6 Å². The van der Waals surface area contributed by atoms with Crippen molar-refractivity contribution in [1.29, 1.82) is 5.26 Å². The molecule has 2 atom stereocenters. The molecule has 10 heteroatoms. The fourth-order valence-corrected chi connectivity index (χ4v) is 5.72. The van der Waals surface area contributed by atoms with Crippen molar-refractivity contribution in [2.24, 2.45) is 5.73 Å². The Labute approximate surface area is 243 Å². The maximum absolute atomic E-state index is 14.3. The Kier molecular flexibility index (Phi) is 8.13. The zero-order valence-corrected chi connectivity index (χ0v) is 23.3. The Hall–Kier alpha value is -4.33. The summed E-state index contributed by atoms with van der Waals surface area (Å²) in [6.45, 7) is 4.06. The van der Waals surface area contributed by atoms with Gasteiger partial charge in [-0.2, -0.15) is 5.26 Å². The number of pyridine rings is 1. The van der Waals surface area contributed by atoms with Gasteiger partial charge in [0.05, 0.1) is 41.9 Å². The average Bonchev–Trinajstić information content (AvgIpc) is 3.13. The zero-order chi connectivity index (χ0) is 29.1. The number of halogens is 1. The summed E-state index contributed by atoms with van der Waals surface area (Å²) in [6, 6.07) is 17.5. The van der Waals surface area contributed by atoms with Crippen LogP contribution >= 0.6 is 0 Å². The number of nitriles is 1. The first-order chi connectivity index (χ1) is 20.5.